The van der Waals surface area contributed by atoms with Gasteiger partial charge in [0.05, 0.1) is 11.9 Å². The second-order valence-corrected chi connectivity index (χ2v) is 4.49. The molecule has 0 bridgehead atoms. The first-order chi connectivity index (χ1) is 10.1. The Kier molecular flexibility index (Phi) is 3.23. The van der Waals surface area contributed by atoms with Crippen LogP contribution in [-0.4, -0.2) is 20.2 Å². The van der Waals surface area contributed by atoms with E-state index >= 15 is 0 Å². The van der Waals surface area contributed by atoms with Crippen LogP contribution < -0.4 is 0 Å². The largest absolute Gasteiger partial charge is 0.508 e. The predicted molar refractivity (Wildman–Crippen MR) is 76.2 cm³/mol. The third kappa shape index (κ3) is 2.67. The molecule has 0 unspecified atom stereocenters. The minimum absolute atomic E-state index is 0.104. The molecule has 0 aliphatic heterocycles. The number of phenols is 2. The standard InChI is InChI=1S/C16H11FN2O2/c17-16-15(11-3-7-13(21)8-4-11)18-9-14(19-16)10-1-5-12(20)6-2-10/h1-9,20-21H. The highest BCUT2D eigenvalue weighted by Crippen LogP contribution is 2.25. The highest BCUT2D eigenvalue weighted by Gasteiger charge is 2.10. The van der Waals surface area contributed by atoms with E-state index in [0.29, 0.717) is 16.8 Å². The molecule has 0 amide bonds. The number of hydrogen-bond donors (Lipinski definition) is 2. The Morgan fingerprint density at radius 2 is 1.29 bits per heavy atom. The second-order valence-electron chi connectivity index (χ2n) is 4.49. The summed E-state index contributed by atoms with van der Waals surface area (Å²) in [4.78, 5) is 7.99. The van der Waals surface area contributed by atoms with Crippen LogP contribution in [0.4, 0.5) is 4.39 Å². The van der Waals surface area contributed by atoms with Crippen LogP contribution in [0.5, 0.6) is 11.5 Å². The number of aromatic hydroxyl groups is 2. The summed E-state index contributed by atoms with van der Waals surface area (Å²) in [5.74, 6) is -0.452. The van der Waals surface area contributed by atoms with E-state index in [0.717, 1.165) is 0 Å². The van der Waals surface area contributed by atoms with Gasteiger partial charge in [-0.2, -0.15) is 4.39 Å². The summed E-state index contributed by atoms with van der Waals surface area (Å²) >= 11 is 0. The van der Waals surface area contributed by atoms with Crippen LogP contribution in [0, 0.1) is 5.95 Å². The van der Waals surface area contributed by atoms with E-state index in [1.807, 2.05) is 0 Å². The molecule has 3 aromatic rings. The zero-order valence-corrected chi connectivity index (χ0v) is 10.9. The van der Waals surface area contributed by atoms with Crippen LogP contribution in [0.15, 0.2) is 54.7 Å². The number of rotatable bonds is 2. The maximum Gasteiger partial charge on any atom is 0.239 e. The van der Waals surface area contributed by atoms with E-state index in [9.17, 15) is 14.6 Å². The molecule has 1 heterocycles. The third-order valence-corrected chi connectivity index (χ3v) is 3.03. The highest BCUT2D eigenvalue weighted by molar-refractivity contribution is 5.64. The second kappa shape index (κ2) is 5.20. The van der Waals surface area contributed by atoms with E-state index in [-0.39, 0.29) is 17.2 Å². The van der Waals surface area contributed by atoms with Crippen molar-refractivity contribution in [3.05, 3.63) is 60.7 Å². The molecule has 0 saturated carbocycles. The number of halogens is 1. The average Bonchev–Trinajstić information content (AvgIpc) is 2.49. The van der Waals surface area contributed by atoms with Crippen molar-refractivity contribution < 1.29 is 14.6 Å². The van der Waals surface area contributed by atoms with E-state index in [4.69, 9.17) is 0 Å². The molecule has 0 fully saturated rings. The summed E-state index contributed by atoms with van der Waals surface area (Å²) in [6, 6.07) is 12.4. The summed E-state index contributed by atoms with van der Waals surface area (Å²) < 4.78 is 14.1. The molecule has 0 saturated heterocycles. The lowest BCUT2D eigenvalue weighted by Gasteiger charge is -2.05. The van der Waals surface area contributed by atoms with Crippen LogP contribution in [0.1, 0.15) is 0 Å². The highest BCUT2D eigenvalue weighted by atomic mass is 19.1. The van der Waals surface area contributed by atoms with Crippen LogP contribution in [0.25, 0.3) is 22.5 Å². The molecular weight excluding hydrogens is 271 g/mol. The molecule has 0 aliphatic carbocycles. The summed E-state index contributed by atoms with van der Waals surface area (Å²) in [5, 5.41) is 18.5. The van der Waals surface area contributed by atoms with Gasteiger partial charge in [0.25, 0.3) is 0 Å². The van der Waals surface area contributed by atoms with Crippen molar-refractivity contribution in [1.29, 1.82) is 0 Å². The van der Waals surface area contributed by atoms with E-state index in [1.165, 1.54) is 30.5 Å². The van der Waals surface area contributed by atoms with Gasteiger partial charge >= 0.3 is 0 Å². The number of aromatic nitrogens is 2. The molecule has 1 aromatic heterocycles. The number of nitrogens with zero attached hydrogens (tertiary/aromatic N) is 2. The Morgan fingerprint density at radius 1 is 0.762 bits per heavy atom. The van der Waals surface area contributed by atoms with Crippen molar-refractivity contribution >= 4 is 0 Å². The molecule has 104 valence electrons. The summed E-state index contributed by atoms with van der Waals surface area (Å²) in [7, 11) is 0. The molecule has 2 N–H and O–H groups in total. The topological polar surface area (TPSA) is 66.2 Å². The van der Waals surface area contributed by atoms with Crippen molar-refractivity contribution in [1.82, 2.24) is 9.97 Å². The lowest BCUT2D eigenvalue weighted by Crippen LogP contribution is -1.95. The minimum Gasteiger partial charge on any atom is -0.508 e. The smallest absolute Gasteiger partial charge is 0.239 e. The Hall–Kier alpha value is -2.95. The first-order valence-corrected chi connectivity index (χ1v) is 6.25. The maximum atomic E-state index is 14.1. The summed E-state index contributed by atoms with van der Waals surface area (Å²) in [6.45, 7) is 0. The minimum atomic E-state index is -0.689. The molecule has 21 heavy (non-hydrogen) atoms. The molecule has 0 spiro atoms. The fraction of sp³-hybridized carbons (Fsp3) is 0. The Morgan fingerprint density at radius 3 is 1.81 bits per heavy atom. The normalized spacial score (nSPS) is 10.5. The fourth-order valence-electron chi connectivity index (χ4n) is 1.95. The van der Waals surface area contributed by atoms with E-state index < -0.39 is 5.95 Å². The first-order valence-electron chi connectivity index (χ1n) is 6.25. The van der Waals surface area contributed by atoms with Gasteiger partial charge < -0.3 is 10.2 Å². The Labute approximate surface area is 120 Å². The van der Waals surface area contributed by atoms with Crippen LogP contribution in [-0.2, 0) is 0 Å². The zero-order chi connectivity index (χ0) is 14.8. The third-order valence-electron chi connectivity index (χ3n) is 3.03. The van der Waals surface area contributed by atoms with Gasteiger partial charge in [-0.15, -0.1) is 0 Å². The molecule has 0 aliphatic rings. The lowest BCUT2D eigenvalue weighted by molar-refractivity contribution is 0.475. The molecule has 0 radical (unpaired) electrons. The van der Waals surface area contributed by atoms with Crippen molar-refractivity contribution in [3.63, 3.8) is 0 Å². The summed E-state index contributed by atoms with van der Waals surface area (Å²) in [6.07, 6.45) is 1.47. The first kappa shape index (κ1) is 13.1. The van der Waals surface area contributed by atoms with Crippen molar-refractivity contribution in [3.8, 4) is 34.0 Å². The van der Waals surface area contributed by atoms with Gasteiger partial charge in [0, 0.05) is 11.1 Å². The van der Waals surface area contributed by atoms with Gasteiger partial charge in [-0.05, 0) is 48.5 Å². The SMILES string of the molecule is Oc1ccc(-c2cnc(-c3ccc(O)cc3)c(F)n2)cc1. The Bertz CT molecular complexity index is 771. The molecule has 5 heteroatoms. The van der Waals surface area contributed by atoms with Gasteiger partial charge in [0.15, 0.2) is 0 Å². The predicted octanol–water partition coefficient (Wildman–Crippen LogP) is 3.36. The monoisotopic (exact) mass is 282 g/mol. The van der Waals surface area contributed by atoms with Crippen LogP contribution in [0.3, 0.4) is 0 Å². The van der Waals surface area contributed by atoms with Crippen molar-refractivity contribution in [2.75, 3.05) is 0 Å². The molecule has 3 rings (SSSR count). The quantitative estimate of drug-likeness (QED) is 0.756. The molecule has 0 atom stereocenters. The van der Waals surface area contributed by atoms with Crippen LogP contribution in [0.2, 0.25) is 0 Å². The average molecular weight is 282 g/mol. The maximum absolute atomic E-state index is 14.1. The Balaban J connectivity index is 1.99. The number of hydrogen-bond acceptors (Lipinski definition) is 4. The van der Waals surface area contributed by atoms with Gasteiger partial charge in [-0.25, -0.2) is 9.97 Å². The fourth-order valence-corrected chi connectivity index (χ4v) is 1.95. The van der Waals surface area contributed by atoms with Gasteiger partial charge in [0.1, 0.15) is 17.2 Å². The lowest BCUT2D eigenvalue weighted by atomic mass is 10.1. The van der Waals surface area contributed by atoms with Crippen LogP contribution >= 0.6 is 0 Å². The van der Waals surface area contributed by atoms with E-state index in [2.05, 4.69) is 9.97 Å². The van der Waals surface area contributed by atoms with Crippen molar-refractivity contribution in [2.45, 2.75) is 0 Å². The number of phenolic OH excluding ortho intramolecular Hbond substituents is 2. The van der Waals surface area contributed by atoms with Gasteiger partial charge in [-0.3, -0.25) is 0 Å². The number of benzene rings is 2. The molecular formula is C16H11FN2O2. The molecule has 4 nitrogen and oxygen atoms in total. The van der Waals surface area contributed by atoms with E-state index in [1.54, 1.807) is 24.3 Å². The van der Waals surface area contributed by atoms with Crippen molar-refractivity contribution in [2.24, 2.45) is 0 Å². The summed E-state index contributed by atoms with van der Waals surface area (Å²) in [5.41, 5.74) is 1.71. The molecule has 2 aromatic carbocycles. The zero-order valence-electron chi connectivity index (χ0n) is 10.9. The van der Waals surface area contributed by atoms with Gasteiger partial charge in [-0.1, -0.05) is 0 Å². The van der Waals surface area contributed by atoms with Gasteiger partial charge in [0.2, 0.25) is 5.95 Å².